The largest absolute Gasteiger partial charge is 0.394 e. The number of amides is 1. The summed E-state index contributed by atoms with van der Waals surface area (Å²) in [4.78, 5) is 12.3. The Morgan fingerprint density at radius 1 is 1.04 bits per heavy atom. The number of aliphatic hydroxyl groups excluding tert-OH is 2. The van der Waals surface area contributed by atoms with Gasteiger partial charge in [-0.3, -0.25) is 4.79 Å². The molecule has 0 heterocycles. The summed E-state index contributed by atoms with van der Waals surface area (Å²) in [5.74, 6) is -0.924. The molecule has 5 heteroatoms. The van der Waals surface area contributed by atoms with E-state index in [1.54, 1.807) is 24.3 Å². The Hall–Kier alpha value is -3.02. The van der Waals surface area contributed by atoms with Crippen molar-refractivity contribution >= 4 is 22.8 Å². The summed E-state index contributed by atoms with van der Waals surface area (Å²) in [5.41, 5.74) is 0.959. The van der Waals surface area contributed by atoms with Crippen LogP contribution in [0.4, 0.5) is 4.39 Å². The van der Waals surface area contributed by atoms with Crippen LogP contribution >= 0.6 is 0 Å². The van der Waals surface area contributed by atoms with Gasteiger partial charge in [0.25, 0.3) is 0 Å². The smallest absolute Gasteiger partial charge is 0.244 e. The topological polar surface area (TPSA) is 69.6 Å². The van der Waals surface area contributed by atoms with Gasteiger partial charge in [0, 0.05) is 11.6 Å². The van der Waals surface area contributed by atoms with Crippen LogP contribution in [0.1, 0.15) is 17.2 Å². The predicted octanol–water partition coefficient (Wildman–Crippen LogP) is 3.20. The zero-order valence-corrected chi connectivity index (χ0v) is 14.5. The van der Waals surface area contributed by atoms with Gasteiger partial charge < -0.3 is 15.5 Å². The number of rotatable bonds is 6. The van der Waals surface area contributed by atoms with E-state index >= 15 is 0 Å². The van der Waals surface area contributed by atoms with E-state index in [0.717, 1.165) is 10.8 Å². The summed E-state index contributed by atoms with van der Waals surface area (Å²) in [6.45, 7) is -0.505. The van der Waals surface area contributed by atoms with Crippen LogP contribution in [-0.2, 0) is 4.79 Å². The van der Waals surface area contributed by atoms with Crippen LogP contribution in [0, 0.1) is 5.82 Å². The molecule has 0 aromatic heterocycles. The molecule has 4 nitrogen and oxygen atoms in total. The Morgan fingerprint density at radius 3 is 2.48 bits per heavy atom. The van der Waals surface area contributed by atoms with Crippen LogP contribution < -0.4 is 5.32 Å². The van der Waals surface area contributed by atoms with Crippen LogP contribution in [0.5, 0.6) is 0 Å². The lowest BCUT2D eigenvalue weighted by Gasteiger charge is -2.23. The second-order valence-electron chi connectivity index (χ2n) is 6.20. The molecule has 27 heavy (non-hydrogen) atoms. The number of hydrogen-bond donors (Lipinski definition) is 3. The van der Waals surface area contributed by atoms with Crippen molar-refractivity contribution in [3.05, 3.63) is 89.8 Å². The first-order valence-corrected chi connectivity index (χ1v) is 8.59. The van der Waals surface area contributed by atoms with E-state index < -0.39 is 30.5 Å². The Morgan fingerprint density at radius 2 is 1.74 bits per heavy atom. The number of aliphatic hydroxyl groups is 2. The maximum absolute atomic E-state index is 13.6. The zero-order chi connectivity index (χ0) is 19.2. The SMILES string of the molecule is O=C(C=Cc1ccccc1F)N[C@H](c1ccc2ccccc2c1)[C@H](O)CO. The molecule has 0 saturated carbocycles. The summed E-state index contributed by atoms with van der Waals surface area (Å²) in [6, 6.07) is 18.6. The average molecular weight is 365 g/mol. The number of carbonyl (C=O) groups excluding carboxylic acids is 1. The van der Waals surface area contributed by atoms with E-state index in [1.165, 1.54) is 18.2 Å². The van der Waals surface area contributed by atoms with Crippen molar-refractivity contribution in [3.63, 3.8) is 0 Å². The lowest BCUT2D eigenvalue weighted by Crippen LogP contribution is -2.37. The van der Waals surface area contributed by atoms with E-state index in [1.807, 2.05) is 36.4 Å². The molecule has 3 aromatic carbocycles. The van der Waals surface area contributed by atoms with Gasteiger partial charge in [-0.15, -0.1) is 0 Å². The van der Waals surface area contributed by atoms with Gasteiger partial charge in [-0.25, -0.2) is 4.39 Å². The molecule has 0 saturated heterocycles. The lowest BCUT2D eigenvalue weighted by molar-refractivity contribution is -0.118. The number of benzene rings is 3. The van der Waals surface area contributed by atoms with Crippen molar-refractivity contribution in [3.8, 4) is 0 Å². The monoisotopic (exact) mass is 365 g/mol. The van der Waals surface area contributed by atoms with E-state index in [9.17, 15) is 19.4 Å². The molecule has 0 aliphatic carbocycles. The number of hydrogen-bond acceptors (Lipinski definition) is 3. The van der Waals surface area contributed by atoms with Gasteiger partial charge in [-0.05, 0) is 34.5 Å². The van der Waals surface area contributed by atoms with Crippen LogP contribution in [-0.4, -0.2) is 28.8 Å². The van der Waals surface area contributed by atoms with E-state index in [2.05, 4.69) is 5.32 Å². The summed E-state index contributed by atoms with van der Waals surface area (Å²) in [5, 5.41) is 24.2. The minimum atomic E-state index is -1.17. The minimum absolute atomic E-state index is 0.289. The first-order valence-electron chi connectivity index (χ1n) is 8.59. The molecule has 0 bridgehead atoms. The Balaban J connectivity index is 1.82. The van der Waals surface area contributed by atoms with Crippen LogP contribution in [0.15, 0.2) is 72.8 Å². The fraction of sp³-hybridized carbons (Fsp3) is 0.136. The molecule has 0 aliphatic heterocycles. The Labute approximate surface area is 156 Å². The zero-order valence-electron chi connectivity index (χ0n) is 14.5. The molecule has 0 unspecified atom stereocenters. The third-order valence-electron chi connectivity index (χ3n) is 4.32. The molecule has 3 N–H and O–H groups in total. The second kappa shape index (κ2) is 8.58. The molecule has 3 rings (SSSR count). The van der Waals surface area contributed by atoms with Gasteiger partial charge >= 0.3 is 0 Å². The van der Waals surface area contributed by atoms with Gasteiger partial charge in [0.2, 0.25) is 5.91 Å². The lowest BCUT2D eigenvalue weighted by atomic mass is 9.98. The molecule has 1 amide bonds. The highest BCUT2D eigenvalue weighted by Gasteiger charge is 2.22. The van der Waals surface area contributed by atoms with Gasteiger partial charge in [0.15, 0.2) is 0 Å². The van der Waals surface area contributed by atoms with Crippen LogP contribution in [0.2, 0.25) is 0 Å². The number of halogens is 1. The van der Waals surface area contributed by atoms with Crippen molar-refractivity contribution in [2.24, 2.45) is 0 Å². The van der Waals surface area contributed by atoms with Gasteiger partial charge in [-0.2, -0.15) is 0 Å². The molecular formula is C22H20FNO3. The predicted molar refractivity (Wildman–Crippen MR) is 103 cm³/mol. The molecule has 138 valence electrons. The molecule has 0 radical (unpaired) electrons. The fourth-order valence-electron chi connectivity index (χ4n) is 2.89. The summed E-state index contributed by atoms with van der Waals surface area (Å²) < 4.78 is 13.6. The van der Waals surface area contributed by atoms with E-state index in [0.29, 0.717) is 5.56 Å². The summed E-state index contributed by atoms with van der Waals surface area (Å²) in [7, 11) is 0. The number of nitrogens with one attached hydrogen (secondary N) is 1. The van der Waals surface area contributed by atoms with E-state index in [4.69, 9.17) is 0 Å². The normalized spacial score (nSPS) is 13.6. The van der Waals surface area contributed by atoms with Crippen LogP contribution in [0.25, 0.3) is 16.8 Å². The first kappa shape index (κ1) is 18.8. The first-order chi connectivity index (χ1) is 13.1. The van der Waals surface area contributed by atoms with Crippen molar-refractivity contribution in [1.82, 2.24) is 5.32 Å². The molecule has 0 fully saturated rings. The molecule has 0 spiro atoms. The maximum atomic E-state index is 13.6. The third-order valence-corrected chi connectivity index (χ3v) is 4.32. The standard InChI is InChI=1S/C22H20FNO3/c23-19-8-4-3-6-16(19)11-12-21(27)24-22(20(26)14-25)18-10-9-15-5-1-2-7-17(15)13-18/h1-13,20,22,25-26H,14H2,(H,24,27)/t20-,22-/m1/s1. The minimum Gasteiger partial charge on any atom is -0.394 e. The highest BCUT2D eigenvalue weighted by molar-refractivity contribution is 5.92. The van der Waals surface area contributed by atoms with Crippen LogP contribution in [0.3, 0.4) is 0 Å². The van der Waals surface area contributed by atoms with E-state index in [-0.39, 0.29) is 5.56 Å². The van der Waals surface area contributed by atoms with Crippen molar-refractivity contribution in [2.75, 3.05) is 6.61 Å². The van der Waals surface area contributed by atoms with Crippen molar-refractivity contribution in [1.29, 1.82) is 0 Å². The molecule has 2 atom stereocenters. The van der Waals surface area contributed by atoms with Gasteiger partial charge in [0.05, 0.1) is 12.6 Å². The summed E-state index contributed by atoms with van der Waals surface area (Å²) in [6.07, 6.45) is 1.40. The van der Waals surface area contributed by atoms with Gasteiger partial charge in [0.1, 0.15) is 11.9 Å². The Bertz CT molecular complexity index is 970. The Kier molecular flexibility index (Phi) is 5.96. The quantitative estimate of drug-likeness (QED) is 0.588. The second-order valence-corrected chi connectivity index (χ2v) is 6.20. The molecular weight excluding hydrogens is 345 g/mol. The van der Waals surface area contributed by atoms with Gasteiger partial charge in [-0.1, -0.05) is 54.6 Å². The molecule has 0 aliphatic rings. The highest BCUT2D eigenvalue weighted by atomic mass is 19.1. The average Bonchev–Trinajstić information content (AvgIpc) is 2.70. The maximum Gasteiger partial charge on any atom is 0.244 e. The fourth-order valence-corrected chi connectivity index (χ4v) is 2.89. The number of fused-ring (bicyclic) bond motifs is 1. The molecule has 3 aromatic rings. The third kappa shape index (κ3) is 4.58. The van der Waals surface area contributed by atoms with Crippen molar-refractivity contribution < 1.29 is 19.4 Å². The summed E-state index contributed by atoms with van der Waals surface area (Å²) >= 11 is 0. The number of carbonyl (C=O) groups is 1. The van der Waals surface area contributed by atoms with Crippen molar-refractivity contribution in [2.45, 2.75) is 12.1 Å². The highest BCUT2D eigenvalue weighted by Crippen LogP contribution is 2.23.